The second kappa shape index (κ2) is 9.21. The lowest BCUT2D eigenvalue weighted by atomic mass is 10.1. The first-order chi connectivity index (χ1) is 12.6. The zero-order chi connectivity index (χ0) is 18.4. The molecule has 2 aliphatic rings. The fraction of sp³-hybridized carbons (Fsp3) is 0.632. The quantitative estimate of drug-likeness (QED) is 0.662. The topological polar surface area (TPSA) is 66.1 Å². The Bertz CT molecular complexity index is 604. The van der Waals surface area contributed by atoms with E-state index in [0.29, 0.717) is 25.9 Å². The lowest BCUT2D eigenvalue weighted by Gasteiger charge is -2.27. The molecule has 144 valence electrons. The molecule has 1 aromatic rings. The van der Waals surface area contributed by atoms with E-state index in [1.807, 2.05) is 19.2 Å². The highest BCUT2D eigenvalue weighted by Crippen LogP contribution is 2.32. The van der Waals surface area contributed by atoms with E-state index in [4.69, 9.17) is 9.47 Å². The smallest absolute Gasteiger partial charge is 0.231 e. The van der Waals surface area contributed by atoms with Crippen molar-refractivity contribution in [1.82, 2.24) is 20.4 Å². The molecule has 7 nitrogen and oxygen atoms in total. The highest BCUT2D eigenvalue weighted by molar-refractivity contribution is 5.75. The molecule has 1 fully saturated rings. The minimum Gasteiger partial charge on any atom is -0.454 e. The molecule has 0 spiro atoms. The molecule has 1 atom stereocenters. The summed E-state index contributed by atoms with van der Waals surface area (Å²) in [6, 6.07) is 6.38. The molecule has 0 radical (unpaired) electrons. The van der Waals surface area contributed by atoms with Crippen molar-refractivity contribution in [3.05, 3.63) is 23.8 Å². The van der Waals surface area contributed by atoms with Crippen LogP contribution in [0.25, 0.3) is 0 Å². The predicted octanol–water partition coefficient (Wildman–Crippen LogP) is 0.647. The van der Waals surface area contributed by atoms with Crippen molar-refractivity contribution in [3.63, 3.8) is 0 Å². The minimum atomic E-state index is 0.116. The molecular formula is C19H30N4O3. The Balaban J connectivity index is 1.36. The number of amides is 1. The van der Waals surface area contributed by atoms with Gasteiger partial charge >= 0.3 is 0 Å². The summed E-state index contributed by atoms with van der Waals surface area (Å²) in [7, 11) is 2.04. The van der Waals surface area contributed by atoms with E-state index >= 15 is 0 Å². The average molecular weight is 362 g/mol. The Hall–Kier alpha value is -1.83. The molecule has 0 bridgehead atoms. The number of rotatable bonds is 8. The Morgan fingerprint density at radius 1 is 1.31 bits per heavy atom. The monoisotopic (exact) mass is 362 g/mol. The van der Waals surface area contributed by atoms with Crippen molar-refractivity contribution in [2.75, 3.05) is 53.2 Å². The van der Waals surface area contributed by atoms with Crippen LogP contribution in [0.5, 0.6) is 11.5 Å². The maximum absolute atomic E-state index is 12.1. The summed E-state index contributed by atoms with van der Waals surface area (Å²) < 4.78 is 10.8. The van der Waals surface area contributed by atoms with Crippen LogP contribution in [0, 0.1) is 0 Å². The molecule has 2 heterocycles. The summed E-state index contributed by atoms with van der Waals surface area (Å²) in [5.74, 6) is 1.75. The molecular weight excluding hydrogens is 332 g/mol. The summed E-state index contributed by atoms with van der Waals surface area (Å²) in [5, 5.41) is 6.36. The van der Waals surface area contributed by atoms with E-state index in [1.165, 1.54) is 5.56 Å². The number of carbonyl (C=O) groups is 1. The third-order valence-electron chi connectivity index (χ3n) is 5.11. The number of hydrogen-bond donors (Lipinski definition) is 2. The number of fused-ring (bicyclic) bond motifs is 1. The van der Waals surface area contributed by atoms with E-state index in [9.17, 15) is 4.79 Å². The number of nitrogens with zero attached hydrogens (tertiary/aromatic N) is 2. The van der Waals surface area contributed by atoms with Crippen LogP contribution in [0.15, 0.2) is 18.2 Å². The average Bonchev–Trinajstić information content (AvgIpc) is 3.13. The van der Waals surface area contributed by atoms with Gasteiger partial charge in [-0.15, -0.1) is 0 Å². The van der Waals surface area contributed by atoms with Gasteiger partial charge in [0.05, 0.1) is 6.67 Å². The lowest BCUT2D eigenvalue weighted by Crippen LogP contribution is -2.45. The Labute approximate surface area is 155 Å². The summed E-state index contributed by atoms with van der Waals surface area (Å²) in [6.07, 6.45) is 1.45. The largest absolute Gasteiger partial charge is 0.454 e. The van der Waals surface area contributed by atoms with Crippen molar-refractivity contribution < 1.29 is 14.3 Å². The first kappa shape index (κ1) is 18.9. The molecule has 1 aromatic carbocycles. The Morgan fingerprint density at radius 2 is 2.08 bits per heavy atom. The van der Waals surface area contributed by atoms with Gasteiger partial charge in [0, 0.05) is 45.2 Å². The van der Waals surface area contributed by atoms with Gasteiger partial charge in [-0.25, -0.2) is 0 Å². The number of benzene rings is 1. The summed E-state index contributed by atoms with van der Waals surface area (Å²) in [6.45, 7) is 7.95. The van der Waals surface area contributed by atoms with Gasteiger partial charge in [-0.2, -0.15) is 0 Å². The van der Waals surface area contributed by atoms with Crippen molar-refractivity contribution in [2.45, 2.75) is 25.8 Å². The number of piperazine rings is 1. The summed E-state index contributed by atoms with van der Waals surface area (Å²) in [4.78, 5) is 16.6. The number of carbonyl (C=O) groups excluding carboxylic acids is 1. The van der Waals surface area contributed by atoms with E-state index in [2.05, 4.69) is 33.4 Å². The summed E-state index contributed by atoms with van der Waals surface area (Å²) >= 11 is 0. The molecule has 1 saturated heterocycles. The molecule has 1 amide bonds. The van der Waals surface area contributed by atoms with Gasteiger partial charge in [-0.3, -0.25) is 9.69 Å². The standard InChI is InChI=1S/C19H30N4O3/c1-15(11-16-3-4-17-18(12-16)26-14-25-17)22(2)13-21-19(24)5-8-23-9-6-20-7-10-23/h3-4,12,15,20H,5-11,13-14H2,1-2H3,(H,21,24). The first-order valence-electron chi connectivity index (χ1n) is 9.40. The van der Waals surface area contributed by atoms with Crippen LogP contribution in [-0.2, 0) is 11.2 Å². The summed E-state index contributed by atoms with van der Waals surface area (Å²) in [5.41, 5.74) is 1.21. The number of likely N-dealkylation sites (N-methyl/N-ethyl adjacent to an activating group) is 1. The molecule has 26 heavy (non-hydrogen) atoms. The number of hydrogen-bond acceptors (Lipinski definition) is 6. The van der Waals surface area contributed by atoms with Crippen molar-refractivity contribution in [2.24, 2.45) is 0 Å². The van der Waals surface area contributed by atoms with Crippen molar-refractivity contribution >= 4 is 5.91 Å². The lowest BCUT2D eigenvalue weighted by molar-refractivity contribution is -0.122. The van der Waals surface area contributed by atoms with E-state index in [-0.39, 0.29) is 5.91 Å². The first-order valence-corrected chi connectivity index (χ1v) is 9.40. The highest BCUT2D eigenvalue weighted by atomic mass is 16.7. The third-order valence-corrected chi connectivity index (χ3v) is 5.11. The van der Waals surface area contributed by atoms with Gasteiger partial charge in [0.1, 0.15) is 0 Å². The van der Waals surface area contributed by atoms with Gasteiger partial charge in [0.2, 0.25) is 12.7 Å². The van der Waals surface area contributed by atoms with Crippen LogP contribution in [-0.4, -0.2) is 75.0 Å². The van der Waals surface area contributed by atoms with Crippen LogP contribution in [0.2, 0.25) is 0 Å². The molecule has 2 aliphatic heterocycles. The molecule has 7 heteroatoms. The van der Waals surface area contributed by atoms with Crippen LogP contribution in [0.4, 0.5) is 0 Å². The Morgan fingerprint density at radius 3 is 2.88 bits per heavy atom. The predicted molar refractivity (Wildman–Crippen MR) is 100 cm³/mol. The van der Waals surface area contributed by atoms with Crippen molar-refractivity contribution in [3.8, 4) is 11.5 Å². The van der Waals surface area contributed by atoms with Gasteiger partial charge in [-0.05, 0) is 38.1 Å². The SMILES string of the molecule is CC(Cc1ccc2c(c1)OCO2)N(C)CNC(=O)CCN1CCNCC1. The molecule has 2 N–H and O–H groups in total. The van der Waals surface area contributed by atoms with E-state index in [1.54, 1.807) is 0 Å². The second-order valence-electron chi connectivity index (χ2n) is 7.10. The zero-order valence-electron chi connectivity index (χ0n) is 15.8. The maximum atomic E-state index is 12.1. The minimum absolute atomic E-state index is 0.116. The van der Waals surface area contributed by atoms with E-state index in [0.717, 1.165) is 50.6 Å². The van der Waals surface area contributed by atoms with Crippen LogP contribution in [0.3, 0.4) is 0 Å². The molecule has 1 unspecified atom stereocenters. The van der Waals surface area contributed by atoms with Crippen molar-refractivity contribution in [1.29, 1.82) is 0 Å². The van der Waals surface area contributed by atoms with Gasteiger partial charge < -0.3 is 25.0 Å². The zero-order valence-corrected chi connectivity index (χ0v) is 15.8. The number of ether oxygens (including phenoxy) is 2. The van der Waals surface area contributed by atoms with Gasteiger partial charge in [0.25, 0.3) is 0 Å². The molecule has 0 aliphatic carbocycles. The number of nitrogens with one attached hydrogen (secondary N) is 2. The van der Waals surface area contributed by atoms with Crippen LogP contribution >= 0.6 is 0 Å². The van der Waals surface area contributed by atoms with E-state index < -0.39 is 0 Å². The molecule has 0 saturated carbocycles. The maximum Gasteiger partial charge on any atom is 0.231 e. The third kappa shape index (κ3) is 5.33. The fourth-order valence-corrected chi connectivity index (χ4v) is 3.22. The van der Waals surface area contributed by atoms with Gasteiger partial charge in [-0.1, -0.05) is 6.07 Å². The Kier molecular flexibility index (Phi) is 6.71. The molecule has 0 aromatic heterocycles. The van der Waals surface area contributed by atoms with Crippen LogP contribution < -0.4 is 20.1 Å². The molecule has 3 rings (SSSR count). The van der Waals surface area contributed by atoms with Gasteiger partial charge in [0.15, 0.2) is 11.5 Å². The fourth-order valence-electron chi connectivity index (χ4n) is 3.22. The normalized spacial score (nSPS) is 18.1. The second-order valence-corrected chi connectivity index (χ2v) is 7.10. The van der Waals surface area contributed by atoms with Crippen LogP contribution in [0.1, 0.15) is 18.9 Å². The highest BCUT2D eigenvalue weighted by Gasteiger charge is 2.16.